The van der Waals surface area contributed by atoms with Gasteiger partial charge in [0.05, 0.1) is 0 Å². The van der Waals surface area contributed by atoms with E-state index in [9.17, 15) is 4.79 Å². The van der Waals surface area contributed by atoms with Crippen LogP contribution in [0.4, 0.5) is 10.5 Å². The Balaban J connectivity index is 1.56. The van der Waals surface area contributed by atoms with Crippen molar-refractivity contribution < 1.29 is 9.21 Å². The van der Waals surface area contributed by atoms with E-state index in [1.54, 1.807) is 0 Å². The molecule has 1 heterocycles. The molecule has 1 aromatic heterocycles. The van der Waals surface area contributed by atoms with Crippen LogP contribution in [-0.2, 0) is 6.42 Å². The quantitative estimate of drug-likeness (QED) is 0.467. The highest BCUT2D eigenvalue weighted by Crippen LogP contribution is 2.25. The van der Waals surface area contributed by atoms with E-state index in [0.717, 1.165) is 17.5 Å². The molecule has 150 valence electrons. The van der Waals surface area contributed by atoms with Crippen molar-refractivity contribution in [1.29, 1.82) is 0 Å². The number of hydrogen-bond donors (Lipinski definition) is 2. The first-order valence-corrected chi connectivity index (χ1v) is 9.83. The predicted molar refractivity (Wildman–Crippen MR) is 116 cm³/mol. The standard InChI is InChI=1S/C24H22N4O2/c1-2-17-13-15-20(16-14-17)25-24(29)26-21(18-9-5-3-6-10-18)23-28-27-22(30-23)19-11-7-4-8-12-19/h3-16,21H,2H2,1H3,(H2,25,26,29)/t21-/m1/s1. The third kappa shape index (κ3) is 4.55. The van der Waals surface area contributed by atoms with Crippen LogP contribution in [0.25, 0.3) is 11.5 Å². The van der Waals surface area contributed by atoms with Crippen LogP contribution in [0.15, 0.2) is 89.3 Å². The number of nitrogens with zero attached hydrogens (tertiary/aromatic N) is 2. The molecular weight excluding hydrogens is 376 g/mol. The summed E-state index contributed by atoms with van der Waals surface area (Å²) < 4.78 is 5.90. The lowest BCUT2D eigenvalue weighted by atomic mass is 10.1. The van der Waals surface area contributed by atoms with Crippen LogP contribution in [0.2, 0.25) is 0 Å². The maximum Gasteiger partial charge on any atom is 0.320 e. The van der Waals surface area contributed by atoms with Crippen molar-refractivity contribution >= 4 is 11.7 Å². The summed E-state index contributed by atoms with van der Waals surface area (Å²) in [5.41, 5.74) is 3.59. The van der Waals surface area contributed by atoms with Crippen molar-refractivity contribution in [1.82, 2.24) is 15.5 Å². The number of hydrogen-bond acceptors (Lipinski definition) is 4. The molecule has 6 heteroatoms. The molecule has 0 aliphatic heterocycles. The van der Waals surface area contributed by atoms with E-state index in [2.05, 4.69) is 27.8 Å². The van der Waals surface area contributed by atoms with E-state index in [-0.39, 0.29) is 6.03 Å². The Bertz CT molecular complexity index is 1090. The van der Waals surface area contributed by atoms with Gasteiger partial charge in [0, 0.05) is 11.3 Å². The van der Waals surface area contributed by atoms with E-state index in [0.29, 0.717) is 17.5 Å². The summed E-state index contributed by atoms with van der Waals surface area (Å²) in [6.45, 7) is 2.09. The normalized spacial score (nSPS) is 11.6. The van der Waals surface area contributed by atoms with Gasteiger partial charge in [-0.25, -0.2) is 4.79 Å². The number of carbonyl (C=O) groups is 1. The van der Waals surface area contributed by atoms with Crippen molar-refractivity contribution in [3.63, 3.8) is 0 Å². The monoisotopic (exact) mass is 398 g/mol. The molecule has 0 saturated heterocycles. The predicted octanol–water partition coefficient (Wildman–Crippen LogP) is 5.21. The maximum atomic E-state index is 12.7. The Kier molecular flexibility index (Phi) is 5.85. The number of amides is 2. The fourth-order valence-electron chi connectivity index (χ4n) is 3.10. The fourth-order valence-corrected chi connectivity index (χ4v) is 3.10. The van der Waals surface area contributed by atoms with Crippen LogP contribution < -0.4 is 10.6 Å². The van der Waals surface area contributed by atoms with Crippen molar-refractivity contribution in [2.24, 2.45) is 0 Å². The molecule has 0 aliphatic carbocycles. The lowest BCUT2D eigenvalue weighted by Crippen LogP contribution is -2.33. The van der Waals surface area contributed by atoms with Gasteiger partial charge >= 0.3 is 6.03 Å². The second-order valence-corrected chi connectivity index (χ2v) is 6.80. The molecule has 0 aliphatic rings. The molecule has 3 aromatic carbocycles. The van der Waals surface area contributed by atoms with Gasteiger partial charge in [-0.05, 0) is 41.8 Å². The molecule has 0 spiro atoms. The smallest absolute Gasteiger partial charge is 0.320 e. The Morgan fingerprint density at radius 2 is 1.57 bits per heavy atom. The number of urea groups is 1. The highest BCUT2D eigenvalue weighted by Gasteiger charge is 2.23. The van der Waals surface area contributed by atoms with E-state index in [1.807, 2.05) is 84.9 Å². The van der Waals surface area contributed by atoms with E-state index < -0.39 is 6.04 Å². The van der Waals surface area contributed by atoms with E-state index >= 15 is 0 Å². The lowest BCUT2D eigenvalue weighted by Gasteiger charge is -2.16. The van der Waals surface area contributed by atoms with Crippen LogP contribution in [0.5, 0.6) is 0 Å². The van der Waals surface area contributed by atoms with Gasteiger partial charge in [0.2, 0.25) is 11.8 Å². The number of carbonyl (C=O) groups excluding carboxylic acids is 1. The summed E-state index contributed by atoms with van der Waals surface area (Å²) in [4.78, 5) is 12.7. The number of aromatic nitrogens is 2. The molecule has 4 aromatic rings. The third-order valence-electron chi connectivity index (χ3n) is 4.74. The van der Waals surface area contributed by atoms with Crippen molar-refractivity contribution in [2.45, 2.75) is 19.4 Å². The highest BCUT2D eigenvalue weighted by molar-refractivity contribution is 5.89. The summed E-state index contributed by atoms with van der Waals surface area (Å²) in [6, 6.07) is 25.9. The zero-order valence-corrected chi connectivity index (χ0v) is 16.6. The number of nitrogens with one attached hydrogen (secondary N) is 2. The zero-order chi connectivity index (χ0) is 20.8. The molecule has 1 atom stereocenters. The van der Waals surface area contributed by atoms with Gasteiger partial charge < -0.3 is 15.1 Å². The summed E-state index contributed by atoms with van der Waals surface area (Å²) in [6.07, 6.45) is 0.948. The number of benzene rings is 3. The molecule has 4 rings (SSSR count). The van der Waals surface area contributed by atoms with Crippen molar-refractivity contribution in [3.8, 4) is 11.5 Å². The molecule has 0 fully saturated rings. The first-order chi connectivity index (χ1) is 14.7. The summed E-state index contributed by atoms with van der Waals surface area (Å²) in [5.74, 6) is 0.723. The van der Waals surface area contributed by atoms with E-state index in [1.165, 1.54) is 5.56 Å². The van der Waals surface area contributed by atoms with Gasteiger partial charge in [0.15, 0.2) is 0 Å². The topological polar surface area (TPSA) is 80.0 Å². The van der Waals surface area contributed by atoms with Crippen molar-refractivity contribution in [3.05, 3.63) is 102 Å². The summed E-state index contributed by atoms with van der Waals surface area (Å²) in [7, 11) is 0. The zero-order valence-electron chi connectivity index (χ0n) is 16.6. The van der Waals surface area contributed by atoms with Crippen LogP contribution in [0.1, 0.15) is 30.0 Å². The van der Waals surface area contributed by atoms with Crippen LogP contribution >= 0.6 is 0 Å². The van der Waals surface area contributed by atoms with Gasteiger partial charge in [0.1, 0.15) is 6.04 Å². The summed E-state index contributed by atoms with van der Waals surface area (Å²) in [5, 5.41) is 14.2. The van der Waals surface area contributed by atoms with Crippen molar-refractivity contribution in [2.75, 3.05) is 5.32 Å². The van der Waals surface area contributed by atoms with Crippen LogP contribution in [-0.4, -0.2) is 16.2 Å². The van der Waals surface area contributed by atoms with Gasteiger partial charge in [-0.3, -0.25) is 0 Å². The molecule has 30 heavy (non-hydrogen) atoms. The SMILES string of the molecule is CCc1ccc(NC(=O)N[C@H](c2ccccc2)c2nnc(-c3ccccc3)o2)cc1. The minimum atomic E-state index is -0.578. The Hall–Kier alpha value is -3.93. The Morgan fingerprint density at radius 1 is 0.900 bits per heavy atom. The minimum absolute atomic E-state index is 0.316. The lowest BCUT2D eigenvalue weighted by molar-refractivity contribution is 0.248. The molecule has 0 bridgehead atoms. The van der Waals surface area contributed by atoms with Gasteiger partial charge in [-0.1, -0.05) is 67.6 Å². The Morgan fingerprint density at radius 3 is 2.23 bits per heavy atom. The number of aryl methyl sites for hydroxylation is 1. The molecule has 6 nitrogen and oxygen atoms in total. The first kappa shape index (κ1) is 19.4. The summed E-state index contributed by atoms with van der Waals surface area (Å²) >= 11 is 0. The molecule has 2 amide bonds. The van der Waals surface area contributed by atoms with Crippen LogP contribution in [0.3, 0.4) is 0 Å². The molecular formula is C24H22N4O2. The first-order valence-electron chi connectivity index (χ1n) is 9.83. The third-order valence-corrected chi connectivity index (χ3v) is 4.74. The molecule has 0 radical (unpaired) electrons. The second kappa shape index (κ2) is 9.05. The van der Waals surface area contributed by atoms with Crippen LogP contribution in [0, 0.1) is 0 Å². The molecule has 0 unspecified atom stereocenters. The average molecular weight is 398 g/mol. The van der Waals surface area contributed by atoms with Gasteiger partial charge in [0.25, 0.3) is 0 Å². The molecule has 0 saturated carbocycles. The molecule has 2 N–H and O–H groups in total. The van der Waals surface area contributed by atoms with E-state index in [4.69, 9.17) is 4.42 Å². The highest BCUT2D eigenvalue weighted by atomic mass is 16.4. The largest absolute Gasteiger partial charge is 0.418 e. The second-order valence-electron chi connectivity index (χ2n) is 6.80. The average Bonchev–Trinajstić information content (AvgIpc) is 3.29. The Labute approximate surface area is 175 Å². The maximum absolute atomic E-state index is 12.7. The number of anilines is 1. The van der Waals surface area contributed by atoms with Gasteiger partial charge in [-0.15, -0.1) is 10.2 Å². The fraction of sp³-hybridized carbons (Fsp3) is 0.125. The minimum Gasteiger partial charge on any atom is -0.418 e. The van der Waals surface area contributed by atoms with Gasteiger partial charge in [-0.2, -0.15) is 0 Å². The number of rotatable bonds is 6.